The Labute approximate surface area is 165 Å². The summed E-state index contributed by atoms with van der Waals surface area (Å²) >= 11 is 1.14. The minimum atomic E-state index is -1.07. The molecule has 4 nitrogen and oxygen atoms in total. The first-order chi connectivity index (χ1) is 13.3. The third kappa shape index (κ3) is 3.85. The number of para-hydroxylation sites is 1. The van der Waals surface area contributed by atoms with Gasteiger partial charge in [0.1, 0.15) is 0 Å². The van der Waals surface area contributed by atoms with Crippen molar-refractivity contribution in [2.45, 2.75) is 43.6 Å². The Morgan fingerprint density at radius 3 is 2.54 bits per heavy atom. The zero-order valence-electron chi connectivity index (χ0n) is 15.8. The number of ketones is 1. The van der Waals surface area contributed by atoms with Crippen molar-refractivity contribution in [3.8, 4) is 0 Å². The Morgan fingerprint density at radius 1 is 1.14 bits per heavy atom. The van der Waals surface area contributed by atoms with Gasteiger partial charge in [0.05, 0.1) is 16.2 Å². The van der Waals surface area contributed by atoms with Crippen molar-refractivity contribution in [1.82, 2.24) is 9.55 Å². The van der Waals surface area contributed by atoms with Crippen molar-refractivity contribution in [2.75, 3.05) is 0 Å². The molecular weight excluding hydrogens is 382 g/mol. The van der Waals surface area contributed by atoms with E-state index in [1.54, 1.807) is 35.8 Å². The standard InChI is InChI=1S/C21H20F2N2O2S/c1-4-12(2)25-20(27)15-7-5-6-8-18(15)24-21(25)28-13(3)19(26)14-9-10-16(22)17(23)11-14/h5-13H,4H2,1-3H3/t12-,13+/m0/s1. The van der Waals surface area contributed by atoms with Crippen LogP contribution >= 0.6 is 11.8 Å². The maximum atomic E-state index is 13.5. The predicted octanol–water partition coefficient (Wildman–Crippen LogP) is 5.01. The maximum absolute atomic E-state index is 13.5. The van der Waals surface area contributed by atoms with Gasteiger partial charge in [0.2, 0.25) is 0 Å². The lowest BCUT2D eigenvalue weighted by Gasteiger charge is -2.20. The van der Waals surface area contributed by atoms with E-state index in [1.807, 2.05) is 13.8 Å². The smallest absolute Gasteiger partial charge is 0.262 e. The second-order valence-corrected chi connectivity index (χ2v) is 7.91. The summed E-state index contributed by atoms with van der Waals surface area (Å²) < 4.78 is 28.2. The molecular formula is C21H20F2N2O2S. The Kier molecular flexibility index (Phi) is 5.93. The van der Waals surface area contributed by atoms with Gasteiger partial charge in [-0.1, -0.05) is 30.8 Å². The summed E-state index contributed by atoms with van der Waals surface area (Å²) in [5.74, 6) is -2.43. The van der Waals surface area contributed by atoms with Crippen LogP contribution < -0.4 is 5.56 Å². The zero-order chi connectivity index (χ0) is 20.4. The molecule has 0 aliphatic heterocycles. The number of nitrogens with zero attached hydrogens (tertiary/aromatic N) is 2. The predicted molar refractivity (Wildman–Crippen MR) is 107 cm³/mol. The van der Waals surface area contributed by atoms with E-state index in [2.05, 4.69) is 4.98 Å². The molecule has 0 unspecified atom stereocenters. The van der Waals surface area contributed by atoms with E-state index in [-0.39, 0.29) is 22.9 Å². The molecule has 0 aliphatic carbocycles. The Hall–Kier alpha value is -2.54. The van der Waals surface area contributed by atoms with E-state index in [0.717, 1.165) is 30.3 Å². The number of rotatable bonds is 6. The van der Waals surface area contributed by atoms with Crippen molar-refractivity contribution in [3.63, 3.8) is 0 Å². The van der Waals surface area contributed by atoms with Crippen molar-refractivity contribution in [2.24, 2.45) is 0 Å². The SMILES string of the molecule is CC[C@H](C)n1c(S[C@H](C)C(=O)c2ccc(F)c(F)c2)nc2ccccc2c1=O. The molecule has 0 aliphatic rings. The van der Waals surface area contributed by atoms with Gasteiger partial charge in [-0.15, -0.1) is 0 Å². The summed E-state index contributed by atoms with van der Waals surface area (Å²) in [4.78, 5) is 30.3. The number of benzene rings is 2. The van der Waals surface area contributed by atoms with E-state index >= 15 is 0 Å². The average Bonchev–Trinajstić information content (AvgIpc) is 2.69. The largest absolute Gasteiger partial charge is 0.293 e. The van der Waals surface area contributed by atoms with Crippen molar-refractivity contribution < 1.29 is 13.6 Å². The molecule has 28 heavy (non-hydrogen) atoms. The highest BCUT2D eigenvalue weighted by molar-refractivity contribution is 8.00. The van der Waals surface area contributed by atoms with Gasteiger partial charge < -0.3 is 0 Å². The molecule has 7 heteroatoms. The van der Waals surface area contributed by atoms with Gasteiger partial charge in [0.15, 0.2) is 22.6 Å². The van der Waals surface area contributed by atoms with Gasteiger partial charge in [-0.2, -0.15) is 0 Å². The van der Waals surface area contributed by atoms with Crippen LogP contribution in [-0.4, -0.2) is 20.6 Å². The Bertz CT molecular complexity index is 1100. The number of halogens is 2. The third-order valence-electron chi connectivity index (χ3n) is 4.66. The molecule has 3 aromatic rings. The Balaban J connectivity index is 2.01. The summed E-state index contributed by atoms with van der Waals surface area (Å²) in [6.07, 6.45) is 0.721. The van der Waals surface area contributed by atoms with Gasteiger partial charge in [0.25, 0.3) is 5.56 Å². The first-order valence-corrected chi connectivity index (χ1v) is 9.88. The molecule has 0 N–H and O–H groups in total. The molecule has 2 atom stereocenters. The minimum Gasteiger partial charge on any atom is -0.293 e. The molecule has 0 fully saturated rings. The number of carbonyl (C=O) groups excluding carboxylic acids is 1. The first-order valence-electron chi connectivity index (χ1n) is 9.00. The number of fused-ring (bicyclic) bond motifs is 1. The van der Waals surface area contributed by atoms with E-state index in [4.69, 9.17) is 0 Å². The normalized spacial score (nSPS) is 13.5. The van der Waals surface area contributed by atoms with E-state index in [9.17, 15) is 18.4 Å². The van der Waals surface area contributed by atoms with E-state index < -0.39 is 16.9 Å². The summed E-state index contributed by atoms with van der Waals surface area (Å²) in [6.45, 7) is 5.55. The molecule has 2 aromatic carbocycles. The Morgan fingerprint density at radius 2 is 1.86 bits per heavy atom. The van der Waals surface area contributed by atoms with Crippen LogP contribution in [-0.2, 0) is 0 Å². The molecule has 0 spiro atoms. The highest BCUT2D eigenvalue weighted by Gasteiger charge is 2.23. The highest BCUT2D eigenvalue weighted by atomic mass is 32.2. The van der Waals surface area contributed by atoms with Crippen molar-refractivity contribution in [1.29, 1.82) is 0 Å². The van der Waals surface area contributed by atoms with Crippen LogP contribution in [0.5, 0.6) is 0 Å². The van der Waals surface area contributed by atoms with Crippen molar-refractivity contribution in [3.05, 3.63) is 70.0 Å². The number of thioether (sulfide) groups is 1. The number of carbonyl (C=O) groups is 1. The van der Waals surface area contributed by atoms with Crippen LogP contribution in [0.3, 0.4) is 0 Å². The van der Waals surface area contributed by atoms with Crippen LogP contribution in [0.15, 0.2) is 52.4 Å². The van der Waals surface area contributed by atoms with Crippen LogP contribution in [0, 0.1) is 11.6 Å². The molecule has 0 bridgehead atoms. The molecule has 0 saturated heterocycles. The number of Topliss-reactive ketones (excluding diaryl/α,β-unsaturated/α-hetero) is 1. The molecule has 0 amide bonds. The van der Waals surface area contributed by atoms with E-state index in [1.165, 1.54) is 6.07 Å². The molecule has 146 valence electrons. The fourth-order valence-corrected chi connectivity index (χ4v) is 3.96. The third-order valence-corrected chi connectivity index (χ3v) is 5.73. The van der Waals surface area contributed by atoms with Gasteiger partial charge in [-0.25, -0.2) is 13.8 Å². The van der Waals surface area contributed by atoms with Gasteiger partial charge in [-0.3, -0.25) is 14.2 Å². The molecule has 0 saturated carbocycles. The minimum absolute atomic E-state index is 0.0807. The number of hydrogen-bond acceptors (Lipinski definition) is 4. The summed E-state index contributed by atoms with van der Waals surface area (Å²) in [5.41, 5.74) is 0.481. The molecule has 0 radical (unpaired) electrons. The lowest BCUT2D eigenvalue weighted by molar-refractivity contribution is 0.0993. The molecule has 1 heterocycles. The topological polar surface area (TPSA) is 52.0 Å². The monoisotopic (exact) mass is 402 g/mol. The fourth-order valence-electron chi connectivity index (χ4n) is 2.88. The van der Waals surface area contributed by atoms with Gasteiger partial charge in [0, 0.05) is 11.6 Å². The lowest BCUT2D eigenvalue weighted by Crippen LogP contribution is -2.27. The van der Waals surface area contributed by atoms with Crippen molar-refractivity contribution >= 4 is 28.4 Å². The van der Waals surface area contributed by atoms with Crippen LogP contribution in [0.4, 0.5) is 8.78 Å². The maximum Gasteiger partial charge on any atom is 0.262 e. The quantitative estimate of drug-likeness (QED) is 0.330. The lowest BCUT2D eigenvalue weighted by atomic mass is 10.1. The average molecular weight is 402 g/mol. The highest BCUT2D eigenvalue weighted by Crippen LogP contribution is 2.28. The fraction of sp³-hybridized carbons (Fsp3) is 0.286. The summed E-state index contributed by atoms with van der Waals surface area (Å²) in [7, 11) is 0. The zero-order valence-corrected chi connectivity index (χ0v) is 16.6. The summed E-state index contributed by atoms with van der Waals surface area (Å²) in [5, 5.41) is 0.321. The number of hydrogen-bond donors (Lipinski definition) is 0. The van der Waals surface area contributed by atoms with Gasteiger partial charge in [-0.05, 0) is 50.6 Å². The van der Waals surface area contributed by atoms with Gasteiger partial charge >= 0.3 is 0 Å². The second-order valence-electron chi connectivity index (χ2n) is 6.60. The summed E-state index contributed by atoms with van der Waals surface area (Å²) in [6, 6.07) is 10.1. The second kappa shape index (κ2) is 8.22. The number of aromatic nitrogens is 2. The molecule has 1 aromatic heterocycles. The van der Waals surface area contributed by atoms with E-state index in [0.29, 0.717) is 16.1 Å². The first kappa shape index (κ1) is 20.2. The van der Waals surface area contributed by atoms with Crippen LogP contribution in [0.1, 0.15) is 43.6 Å². The van der Waals surface area contributed by atoms with Crippen LogP contribution in [0.25, 0.3) is 10.9 Å². The van der Waals surface area contributed by atoms with Crippen LogP contribution in [0.2, 0.25) is 0 Å². The molecule has 3 rings (SSSR count).